The zero-order valence-electron chi connectivity index (χ0n) is 5.74. The molecular weight excluding hydrogens is 132 g/mol. The first-order valence-corrected chi connectivity index (χ1v) is 3.07. The van der Waals surface area contributed by atoms with Crippen LogP contribution in [-0.4, -0.2) is 23.9 Å². The highest BCUT2D eigenvalue weighted by molar-refractivity contribution is 4.99. The first-order chi connectivity index (χ1) is 4.84. The standard InChI is InChI=1S/C6H10N2O2/c1-7-4-6(9)5-2-3-10-8-5/h2-3,6-7,9H,4H2,1H3. The van der Waals surface area contributed by atoms with E-state index in [1.165, 1.54) is 6.26 Å². The second-order valence-corrected chi connectivity index (χ2v) is 2.00. The van der Waals surface area contributed by atoms with Crippen LogP contribution in [0.4, 0.5) is 0 Å². The summed E-state index contributed by atoms with van der Waals surface area (Å²) in [5.74, 6) is 0. The van der Waals surface area contributed by atoms with Crippen molar-refractivity contribution in [3.8, 4) is 0 Å². The van der Waals surface area contributed by atoms with Gasteiger partial charge in [-0.2, -0.15) is 0 Å². The first-order valence-electron chi connectivity index (χ1n) is 3.07. The molecule has 56 valence electrons. The molecule has 0 saturated heterocycles. The van der Waals surface area contributed by atoms with E-state index in [1.807, 2.05) is 0 Å². The van der Waals surface area contributed by atoms with Gasteiger partial charge in [0.05, 0.1) is 0 Å². The van der Waals surface area contributed by atoms with E-state index < -0.39 is 6.10 Å². The fourth-order valence-electron chi connectivity index (χ4n) is 0.692. The zero-order chi connectivity index (χ0) is 7.40. The molecule has 0 fully saturated rings. The van der Waals surface area contributed by atoms with Gasteiger partial charge < -0.3 is 14.9 Å². The molecule has 1 atom stereocenters. The lowest BCUT2D eigenvalue weighted by atomic mass is 10.2. The molecule has 1 aromatic heterocycles. The third-order valence-electron chi connectivity index (χ3n) is 1.20. The van der Waals surface area contributed by atoms with Crippen LogP contribution in [0.1, 0.15) is 11.8 Å². The third kappa shape index (κ3) is 1.55. The van der Waals surface area contributed by atoms with E-state index in [0.29, 0.717) is 12.2 Å². The molecule has 1 unspecified atom stereocenters. The van der Waals surface area contributed by atoms with Gasteiger partial charge in [0.1, 0.15) is 18.1 Å². The van der Waals surface area contributed by atoms with Crippen LogP contribution in [0.5, 0.6) is 0 Å². The Morgan fingerprint density at radius 2 is 2.70 bits per heavy atom. The number of likely N-dealkylation sites (N-methyl/N-ethyl adjacent to an activating group) is 1. The Hall–Kier alpha value is -0.870. The van der Waals surface area contributed by atoms with Crippen molar-refractivity contribution in [1.29, 1.82) is 0 Å². The van der Waals surface area contributed by atoms with E-state index >= 15 is 0 Å². The lowest BCUT2D eigenvalue weighted by Gasteiger charge is -2.03. The fourth-order valence-corrected chi connectivity index (χ4v) is 0.692. The van der Waals surface area contributed by atoms with Crippen molar-refractivity contribution in [2.75, 3.05) is 13.6 Å². The lowest BCUT2D eigenvalue weighted by molar-refractivity contribution is 0.167. The molecule has 1 heterocycles. The topological polar surface area (TPSA) is 58.3 Å². The summed E-state index contributed by atoms with van der Waals surface area (Å²) < 4.78 is 4.54. The molecule has 0 aliphatic rings. The van der Waals surface area contributed by atoms with Crippen molar-refractivity contribution < 1.29 is 9.63 Å². The summed E-state index contributed by atoms with van der Waals surface area (Å²) in [5.41, 5.74) is 0.564. The van der Waals surface area contributed by atoms with Gasteiger partial charge in [0.15, 0.2) is 0 Å². The summed E-state index contributed by atoms with van der Waals surface area (Å²) in [6.45, 7) is 0.493. The second kappa shape index (κ2) is 3.34. The van der Waals surface area contributed by atoms with Gasteiger partial charge in [-0.05, 0) is 7.05 Å². The van der Waals surface area contributed by atoms with E-state index in [-0.39, 0.29) is 0 Å². The molecule has 10 heavy (non-hydrogen) atoms. The molecule has 2 N–H and O–H groups in total. The molecular formula is C6H10N2O2. The molecule has 0 amide bonds. The maximum absolute atomic E-state index is 9.22. The van der Waals surface area contributed by atoms with E-state index in [9.17, 15) is 5.11 Å². The minimum Gasteiger partial charge on any atom is -0.385 e. The van der Waals surface area contributed by atoms with Crippen molar-refractivity contribution in [3.05, 3.63) is 18.0 Å². The number of nitrogens with zero attached hydrogens (tertiary/aromatic N) is 1. The summed E-state index contributed by atoms with van der Waals surface area (Å²) >= 11 is 0. The van der Waals surface area contributed by atoms with Crippen LogP contribution >= 0.6 is 0 Å². The van der Waals surface area contributed by atoms with Crippen LogP contribution in [0.2, 0.25) is 0 Å². The lowest BCUT2D eigenvalue weighted by Crippen LogP contribution is -2.16. The Morgan fingerprint density at radius 3 is 3.20 bits per heavy atom. The van der Waals surface area contributed by atoms with Crippen molar-refractivity contribution in [1.82, 2.24) is 10.5 Å². The normalized spacial score (nSPS) is 13.4. The van der Waals surface area contributed by atoms with Crippen molar-refractivity contribution in [3.63, 3.8) is 0 Å². The minimum atomic E-state index is -0.566. The molecule has 0 aliphatic carbocycles. The number of aliphatic hydroxyl groups is 1. The molecule has 1 rings (SSSR count). The van der Waals surface area contributed by atoms with Crippen LogP contribution in [0, 0.1) is 0 Å². The molecule has 0 aliphatic heterocycles. The molecule has 0 bridgehead atoms. The second-order valence-electron chi connectivity index (χ2n) is 2.00. The average molecular weight is 142 g/mol. The van der Waals surface area contributed by atoms with E-state index in [2.05, 4.69) is 15.0 Å². The SMILES string of the molecule is CNCC(O)c1ccon1. The van der Waals surface area contributed by atoms with Crippen molar-refractivity contribution in [2.24, 2.45) is 0 Å². The summed E-state index contributed by atoms with van der Waals surface area (Å²) in [7, 11) is 1.77. The first kappa shape index (κ1) is 7.24. The van der Waals surface area contributed by atoms with Gasteiger partial charge >= 0.3 is 0 Å². The Labute approximate surface area is 58.8 Å². The highest BCUT2D eigenvalue weighted by atomic mass is 16.5. The van der Waals surface area contributed by atoms with Gasteiger partial charge in [-0.15, -0.1) is 0 Å². The monoisotopic (exact) mass is 142 g/mol. The number of hydrogen-bond acceptors (Lipinski definition) is 4. The van der Waals surface area contributed by atoms with E-state index in [4.69, 9.17) is 0 Å². The molecule has 0 radical (unpaired) electrons. The number of nitrogens with one attached hydrogen (secondary N) is 1. The number of rotatable bonds is 3. The summed E-state index contributed by atoms with van der Waals surface area (Å²) in [5, 5.41) is 15.6. The predicted octanol–water partition coefficient (Wildman–Crippen LogP) is -0.0726. The van der Waals surface area contributed by atoms with E-state index in [1.54, 1.807) is 13.1 Å². The molecule has 4 nitrogen and oxygen atoms in total. The van der Waals surface area contributed by atoms with Crippen LogP contribution < -0.4 is 5.32 Å². The summed E-state index contributed by atoms with van der Waals surface area (Å²) in [4.78, 5) is 0. The Balaban J connectivity index is 2.50. The minimum absolute atomic E-state index is 0.493. The Kier molecular flexibility index (Phi) is 2.42. The molecule has 4 heteroatoms. The maximum Gasteiger partial charge on any atom is 0.124 e. The fraction of sp³-hybridized carbons (Fsp3) is 0.500. The van der Waals surface area contributed by atoms with Crippen LogP contribution in [-0.2, 0) is 0 Å². The maximum atomic E-state index is 9.22. The zero-order valence-corrected chi connectivity index (χ0v) is 5.74. The third-order valence-corrected chi connectivity index (χ3v) is 1.20. The van der Waals surface area contributed by atoms with Gasteiger partial charge in [-0.3, -0.25) is 0 Å². The number of hydrogen-bond donors (Lipinski definition) is 2. The smallest absolute Gasteiger partial charge is 0.124 e. The van der Waals surface area contributed by atoms with Gasteiger partial charge in [-0.1, -0.05) is 5.16 Å². The number of aromatic nitrogens is 1. The largest absolute Gasteiger partial charge is 0.385 e. The van der Waals surface area contributed by atoms with Gasteiger partial charge in [0.2, 0.25) is 0 Å². The molecule has 0 aromatic carbocycles. The predicted molar refractivity (Wildman–Crippen MR) is 35.4 cm³/mol. The molecule has 0 saturated carbocycles. The van der Waals surface area contributed by atoms with Crippen molar-refractivity contribution >= 4 is 0 Å². The highest BCUT2D eigenvalue weighted by Crippen LogP contribution is 2.06. The molecule has 1 aromatic rings. The Morgan fingerprint density at radius 1 is 1.90 bits per heavy atom. The summed E-state index contributed by atoms with van der Waals surface area (Å²) in [6, 6.07) is 1.64. The van der Waals surface area contributed by atoms with Crippen LogP contribution in [0.25, 0.3) is 0 Å². The average Bonchev–Trinajstić information content (AvgIpc) is 2.38. The van der Waals surface area contributed by atoms with Gasteiger partial charge in [-0.25, -0.2) is 0 Å². The molecule has 0 spiro atoms. The highest BCUT2D eigenvalue weighted by Gasteiger charge is 2.07. The van der Waals surface area contributed by atoms with Crippen LogP contribution in [0.3, 0.4) is 0 Å². The van der Waals surface area contributed by atoms with Crippen molar-refractivity contribution in [2.45, 2.75) is 6.10 Å². The van der Waals surface area contributed by atoms with Gasteiger partial charge in [0, 0.05) is 12.6 Å². The van der Waals surface area contributed by atoms with Crippen LogP contribution in [0.15, 0.2) is 16.9 Å². The Bertz CT molecular complexity index is 174. The van der Waals surface area contributed by atoms with E-state index in [0.717, 1.165) is 0 Å². The van der Waals surface area contributed by atoms with Gasteiger partial charge in [0.25, 0.3) is 0 Å². The summed E-state index contributed by atoms with van der Waals surface area (Å²) in [6.07, 6.45) is 0.873. The number of aliphatic hydroxyl groups excluding tert-OH is 1. The quantitative estimate of drug-likeness (QED) is 0.620.